The van der Waals surface area contributed by atoms with Crippen molar-refractivity contribution in [2.45, 2.75) is 6.92 Å². The third kappa shape index (κ3) is 5.73. The Morgan fingerprint density at radius 3 is 2.44 bits per heavy atom. The number of carbonyl (C=O) groups excluding carboxylic acids is 2. The lowest BCUT2D eigenvalue weighted by molar-refractivity contribution is -0.142. The molecule has 2 aromatic carbocycles. The Kier molecular flexibility index (Phi) is 7.27. The summed E-state index contributed by atoms with van der Waals surface area (Å²) < 4.78 is 19.6. The molecule has 166 valence electrons. The molecule has 3 aromatic rings. The van der Waals surface area contributed by atoms with Crippen molar-refractivity contribution in [2.24, 2.45) is 0 Å². The number of nitrogens with one attached hydrogen (secondary N) is 1. The third-order valence-electron chi connectivity index (χ3n) is 4.52. The Balaban J connectivity index is 1.57. The van der Waals surface area contributed by atoms with Gasteiger partial charge in [0.15, 0.2) is 6.61 Å². The van der Waals surface area contributed by atoms with Crippen LogP contribution in [0.4, 0.5) is 15.8 Å². The highest BCUT2D eigenvalue weighted by molar-refractivity contribution is 6.31. The van der Waals surface area contributed by atoms with E-state index in [0.717, 1.165) is 5.69 Å². The first-order chi connectivity index (χ1) is 15.2. The Hall–Kier alpha value is -3.65. The molecule has 1 N–H and O–H groups in total. The summed E-state index contributed by atoms with van der Waals surface area (Å²) in [6, 6.07) is 12.9. The minimum atomic E-state index is -0.701. The molecular formula is C23H22ClFN4O3. The van der Waals surface area contributed by atoms with Crippen LogP contribution in [0.2, 0.25) is 5.15 Å². The Labute approximate surface area is 190 Å². The molecule has 1 heterocycles. The fraction of sp³-hybridized carbons (Fsp3) is 0.174. The fourth-order valence-electron chi connectivity index (χ4n) is 2.83. The van der Waals surface area contributed by atoms with Crippen molar-refractivity contribution < 1.29 is 18.7 Å². The minimum Gasteiger partial charge on any atom is -0.452 e. The highest BCUT2D eigenvalue weighted by atomic mass is 35.5. The summed E-state index contributed by atoms with van der Waals surface area (Å²) in [6.45, 7) is 1.30. The topological polar surface area (TPSA) is 76.5 Å². The number of benzene rings is 2. The van der Waals surface area contributed by atoms with Crippen molar-refractivity contribution in [2.75, 3.05) is 30.9 Å². The molecule has 32 heavy (non-hydrogen) atoms. The van der Waals surface area contributed by atoms with Crippen LogP contribution in [0.25, 0.3) is 11.8 Å². The van der Waals surface area contributed by atoms with Gasteiger partial charge in [0.1, 0.15) is 11.0 Å². The maximum Gasteiger partial charge on any atom is 0.331 e. The molecule has 0 saturated heterocycles. The molecule has 0 fully saturated rings. The molecular weight excluding hydrogens is 435 g/mol. The molecule has 3 rings (SSSR count). The number of halogens is 2. The number of esters is 1. The average molecular weight is 457 g/mol. The summed E-state index contributed by atoms with van der Waals surface area (Å²) in [6.07, 6.45) is 2.63. The SMILES string of the molecule is Cc1nn(-c2ccc(F)cc2)c(Cl)c1/C=C/C(=O)OCC(=O)Nc1ccc(N(C)C)cc1. The van der Waals surface area contributed by atoms with Crippen LogP contribution in [0.5, 0.6) is 0 Å². The smallest absolute Gasteiger partial charge is 0.331 e. The quantitative estimate of drug-likeness (QED) is 0.425. The zero-order chi connectivity index (χ0) is 23.3. The van der Waals surface area contributed by atoms with E-state index < -0.39 is 18.5 Å². The van der Waals surface area contributed by atoms with Crippen molar-refractivity contribution >= 4 is 40.9 Å². The summed E-state index contributed by atoms with van der Waals surface area (Å²) in [7, 11) is 3.84. The van der Waals surface area contributed by atoms with E-state index in [1.165, 1.54) is 29.0 Å². The Morgan fingerprint density at radius 2 is 1.81 bits per heavy atom. The number of nitrogens with zero attached hydrogens (tertiary/aromatic N) is 3. The molecule has 0 aliphatic heterocycles. The van der Waals surface area contributed by atoms with Crippen LogP contribution in [0.3, 0.4) is 0 Å². The van der Waals surface area contributed by atoms with E-state index in [1.54, 1.807) is 31.2 Å². The summed E-state index contributed by atoms with van der Waals surface area (Å²) in [5, 5.41) is 7.24. The van der Waals surface area contributed by atoms with E-state index in [4.69, 9.17) is 16.3 Å². The maximum absolute atomic E-state index is 13.1. The molecule has 0 unspecified atom stereocenters. The lowest BCUT2D eigenvalue weighted by Gasteiger charge is -2.13. The minimum absolute atomic E-state index is 0.261. The zero-order valence-electron chi connectivity index (χ0n) is 17.8. The van der Waals surface area contributed by atoms with Crippen molar-refractivity contribution in [3.05, 3.63) is 76.8 Å². The van der Waals surface area contributed by atoms with Crippen LogP contribution in [0.15, 0.2) is 54.6 Å². The second-order valence-corrected chi connectivity index (χ2v) is 7.47. The molecule has 0 aliphatic rings. The van der Waals surface area contributed by atoms with E-state index in [9.17, 15) is 14.0 Å². The lowest BCUT2D eigenvalue weighted by atomic mass is 10.2. The van der Waals surface area contributed by atoms with Gasteiger partial charge in [0.05, 0.1) is 11.4 Å². The second-order valence-electron chi connectivity index (χ2n) is 7.11. The molecule has 1 amide bonds. The number of anilines is 2. The first-order valence-corrected chi connectivity index (χ1v) is 10.1. The summed E-state index contributed by atoms with van der Waals surface area (Å²) >= 11 is 6.37. The molecule has 7 nitrogen and oxygen atoms in total. The number of hydrogen-bond acceptors (Lipinski definition) is 5. The number of amides is 1. The standard InChI is InChI=1S/C23H22ClFN4O3/c1-15-20(23(24)29(27-15)19-8-4-16(25)5-9-19)12-13-22(31)32-14-21(30)26-17-6-10-18(11-7-17)28(2)3/h4-13H,14H2,1-3H3,(H,26,30)/b13-12+. The number of aryl methyl sites for hydroxylation is 1. The van der Waals surface area contributed by atoms with Gasteiger partial charge < -0.3 is 15.0 Å². The van der Waals surface area contributed by atoms with Crippen molar-refractivity contribution in [3.63, 3.8) is 0 Å². The van der Waals surface area contributed by atoms with Gasteiger partial charge in [-0.15, -0.1) is 0 Å². The van der Waals surface area contributed by atoms with Gasteiger partial charge in [-0.05, 0) is 61.5 Å². The van der Waals surface area contributed by atoms with Crippen LogP contribution in [-0.4, -0.2) is 42.4 Å². The van der Waals surface area contributed by atoms with E-state index in [1.807, 2.05) is 31.1 Å². The van der Waals surface area contributed by atoms with Crippen LogP contribution in [0, 0.1) is 12.7 Å². The molecule has 0 bridgehead atoms. The highest BCUT2D eigenvalue weighted by Crippen LogP contribution is 2.25. The Morgan fingerprint density at radius 1 is 1.16 bits per heavy atom. The number of aromatic nitrogens is 2. The molecule has 0 atom stereocenters. The van der Waals surface area contributed by atoms with Crippen molar-refractivity contribution in [1.29, 1.82) is 0 Å². The number of carbonyl (C=O) groups is 2. The Bertz CT molecular complexity index is 1140. The van der Waals surface area contributed by atoms with E-state index >= 15 is 0 Å². The number of ether oxygens (including phenoxy) is 1. The molecule has 0 spiro atoms. The van der Waals surface area contributed by atoms with Crippen LogP contribution < -0.4 is 10.2 Å². The van der Waals surface area contributed by atoms with Gasteiger partial charge >= 0.3 is 5.97 Å². The zero-order valence-corrected chi connectivity index (χ0v) is 18.6. The van der Waals surface area contributed by atoms with E-state index in [0.29, 0.717) is 22.6 Å². The average Bonchev–Trinajstić information content (AvgIpc) is 3.05. The summed E-state index contributed by atoms with van der Waals surface area (Å²) in [5.41, 5.74) is 3.26. The van der Waals surface area contributed by atoms with Gasteiger partial charge in [0.2, 0.25) is 0 Å². The van der Waals surface area contributed by atoms with Gasteiger partial charge in [0, 0.05) is 37.1 Å². The normalized spacial score (nSPS) is 10.9. The first kappa shape index (κ1) is 23.0. The lowest BCUT2D eigenvalue weighted by Crippen LogP contribution is -2.20. The highest BCUT2D eigenvalue weighted by Gasteiger charge is 2.13. The third-order valence-corrected chi connectivity index (χ3v) is 4.88. The van der Waals surface area contributed by atoms with Gasteiger partial charge in [-0.1, -0.05) is 11.6 Å². The molecule has 9 heteroatoms. The first-order valence-electron chi connectivity index (χ1n) is 9.67. The number of rotatable bonds is 7. The van der Waals surface area contributed by atoms with Crippen LogP contribution in [0.1, 0.15) is 11.3 Å². The number of hydrogen-bond donors (Lipinski definition) is 1. The monoisotopic (exact) mass is 456 g/mol. The van der Waals surface area contributed by atoms with E-state index in [-0.39, 0.29) is 11.0 Å². The summed E-state index contributed by atoms with van der Waals surface area (Å²) in [4.78, 5) is 26.0. The van der Waals surface area contributed by atoms with Gasteiger partial charge in [-0.25, -0.2) is 13.9 Å². The van der Waals surface area contributed by atoms with Crippen molar-refractivity contribution in [3.8, 4) is 5.69 Å². The predicted molar refractivity (Wildman–Crippen MR) is 123 cm³/mol. The molecule has 0 radical (unpaired) electrons. The van der Waals surface area contributed by atoms with Gasteiger partial charge in [-0.2, -0.15) is 5.10 Å². The summed E-state index contributed by atoms with van der Waals surface area (Å²) in [5.74, 6) is -1.53. The fourth-order valence-corrected chi connectivity index (χ4v) is 3.17. The molecule has 1 aromatic heterocycles. The van der Waals surface area contributed by atoms with Crippen LogP contribution >= 0.6 is 11.6 Å². The van der Waals surface area contributed by atoms with Gasteiger partial charge in [0.25, 0.3) is 5.91 Å². The largest absolute Gasteiger partial charge is 0.452 e. The molecule has 0 aliphatic carbocycles. The second kappa shape index (κ2) is 10.1. The van der Waals surface area contributed by atoms with Gasteiger partial charge in [-0.3, -0.25) is 4.79 Å². The predicted octanol–water partition coefficient (Wildman–Crippen LogP) is 4.23. The van der Waals surface area contributed by atoms with Crippen LogP contribution in [-0.2, 0) is 14.3 Å². The van der Waals surface area contributed by atoms with Crippen molar-refractivity contribution in [1.82, 2.24) is 9.78 Å². The maximum atomic E-state index is 13.1. The van der Waals surface area contributed by atoms with E-state index in [2.05, 4.69) is 10.4 Å². The molecule has 0 saturated carbocycles.